The van der Waals surface area contributed by atoms with Crippen LogP contribution in [0.15, 0.2) is 65.6 Å². The highest BCUT2D eigenvalue weighted by Crippen LogP contribution is 2.21. The van der Waals surface area contributed by atoms with Crippen molar-refractivity contribution in [1.82, 2.24) is 24.3 Å². The highest BCUT2D eigenvalue weighted by Gasteiger charge is 2.26. The van der Waals surface area contributed by atoms with Gasteiger partial charge in [0.2, 0.25) is 5.95 Å². The molecule has 1 atom stereocenters. The first-order chi connectivity index (χ1) is 21.0. The molecule has 0 aliphatic carbocycles. The summed E-state index contributed by atoms with van der Waals surface area (Å²) in [5, 5.41) is 3.99. The Hall–Kier alpha value is -4.75. The summed E-state index contributed by atoms with van der Waals surface area (Å²) in [5.74, 6) is 2.30. The fraction of sp³-hybridized carbons (Fsp3) is 0.353. The van der Waals surface area contributed by atoms with Crippen LogP contribution >= 0.6 is 0 Å². The van der Waals surface area contributed by atoms with Gasteiger partial charge in [-0.2, -0.15) is 4.98 Å². The summed E-state index contributed by atoms with van der Waals surface area (Å²) in [6.07, 6.45) is 6.77. The number of carbonyl (C=O) groups is 1. The number of nitrogens with zero attached hydrogens (tertiary/aromatic N) is 5. The molecule has 1 N–H and O–H groups in total. The van der Waals surface area contributed by atoms with E-state index in [4.69, 9.17) is 11.2 Å². The van der Waals surface area contributed by atoms with Crippen LogP contribution in [0.4, 0.5) is 15.1 Å². The molecule has 9 nitrogen and oxygen atoms in total. The summed E-state index contributed by atoms with van der Waals surface area (Å²) in [6.45, 7) is 11.3. The topological polar surface area (TPSA) is 92.6 Å². The lowest BCUT2D eigenvalue weighted by atomic mass is 10.1. The van der Waals surface area contributed by atoms with Gasteiger partial charge in [0.1, 0.15) is 17.1 Å². The van der Waals surface area contributed by atoms with Crippen molar-refractivity contribution >= 4 is 23.1 Å². The SMILES string of the molecule is C#Cc1ccc(Cn2c(=O)ccc3cnc(NC(C)c4ccc(CN5CCN(C(=O)OC(C)(C)C)CC5)cc4)nc32)c(F)c1. The normalized spacial score (nSPS) is 14.7. The molecule has 4 aromatic rings. The van der Waals surface area contributed by atoms with Crippen LogP contribution in [0.1, 0.15) is 56.0 Å². The molecule has 1 aliphatic rings. The monoisotopic (exact) mass is 596 g/mol. The minimum absolute atomic E-state index is 0.0103. The summed E-state index contributed by atoms with van der Waals surface area (Å²) in [6, 6.07) is 15.9. The Morgan fingerprint density at radius 1 is 1.07 bits per heavy atom. The van der Waals surface area contributed by atoms with Crippen LogP contribution in [-0.2, 0) is 17.8 Å². The van der Waals surface area contributed by atoms with Gasteiger partial charge in [-0.05, 0) is 57.0 Å². The van der Waals surface area contributed by atoms with Gasteiger partial charge in [0.05, 0.1) is 12.6 Å². The number of fused-ring (bicyclic) bond motifs is 1. The third-order valence-corrected chi connectivity index (χ3v) is 7.53. The second-order valence-electron chi connectivity index (χ2n) is 12.0. The number of halogens is 1. The van der Waals surface area contributed by atoms with E-state index in [1.165, 1.54) is 22.3 Å². The third-order valence-electron chi connectivity index (χ3n) is 7.53. The van der Waals surface area contributed by atoms with E-state index in [0.29, 0.717) is 41.2 Å². The van der Waals surface area contributed by atoms with Gasteiger partial charge in [-0.15, -0.1) is 6.42 Å². The summed E-state index contributed by atoms with van der Waals surface area (Å²) >= 11 is 0. The molecule has 2 aromatic carbocycles. The van der Waals surface area contributed by atoms with Crippen molar-refractivity contribution in [2.75, 3.05) is 31.5 Å². The van der Waals surface area contributed by atoms with E-state index in [1.54, 1.807) is 29.3 Å². The van der Waals surface area contributed by atoms with Gasteiger partial charge >= 0.3 is 6.09 Å². The van der Waals surface area contributed by atoms with Gasteiger partial charge in [0, 0.05) is 61.5 Å². The van der Waals surface area contributed by atoms with Crippen molar-refractivity contribution in [1.29, 1.82) is 0 Å². The van der Waals surface area contributed by atoms with Gasteiger partial charge in [-0.25, -0.2) is 14.2 Å². The van der Waals surface area contributed by atoms with Crippen LogP contribution < -0.4 is 10.9 Å². The van der Waals surface area contributed by atoms with Crippen molar-refractivity contribution < 1.29 is 13.9 Å². The van der Waals surface area contributed by atoms with Gasteiger partial charge in [0.15, 0.2) is 0 Å². The first kappa shape index (κ1) is 30.7. The molecule has 1 saturated heterocycles. The number of piperazine rings is 1. The molecule has 0 radical (unpaired) electrons. The largest absolute Gasteiger partial charge is 0.444 e. The fourth-order valence-electron chi connectivity index (χ4n) is 5.09. The van der Waals surface area contributed by atoms with E-state index in [-0.39, 0.29) is 24.2 Å². The Kier molecular flexibility index (Phi) is 8.97. The summed E-state index contributed by atoms with van der Waals surface area (Å²) in [4.78, 5) is 38.3. The summed E-state index contributed by atoms with van der Waals surface area (Å²) in [5.41, 5.74) is 2.62. The molecule has 1 amide bonds. The number of ether oxygens (including phenoxy) is 1. The summed E-state index contributed by atoms with van der Waals surface area (Å²) < 4.78 is 21.6. The molecule has 5 rings (SSSR count). The molecule has 3 heterocycles. The molecule has 44 heavy (non-hydrogen) atoms. The van der Waals surface area contributed by atoms with Crippen LogP contribution in [0.25, 0.3) is 11.0 Å². The standard InChI is InChI=1S/C34H37FN6O3/c1-6-24-7-12-28(29(35)19-24)22-41-30(42)14-13-27-20-36-32(38-31(27)41)37-23(2)26-10-8-25(9-11-26)21-39-15-17-40(18-16-39)33(43)44-34(3,4)5/h1,7-14,19-20,23H,15-18,21-22H2,2-5H3,(H,36,37,38). The number of pyridine rings is 1. The first-order valence-corrected chi connectivity index (χ1v) is 14.7. The van der Waals surface area contributed by atoms with E-state index in [0.717, 1.165) is 25.2 Å². The molecule has 1 unspecified atom stereocenters. The Morgan fingerprint density at radius 3 is 2.45 bits per heavy atom. The minimum atomic E-state index is -0.498. The zero-order valence-electron chi connectivity index (χ0n) is 25.5. The number of aromatic nitrogens is 3. The van der Waals surface area contributed by atoms with Gasteiger partial charge in [-0.3, -0.25) is 14.3 Å². The van der Waals surface area contributed by atoms with Crippen molar-refractivity contribution in [3.8, 4) is 12.3 Å². The first-order valence-electron chi connectivity index (χ1n) is 14.7. The van der Waals surface area contributed by atoms with Crippen LogP contribution in [0.2, 0.25) is 0 Å². The number of amides is 1. The molecule has 0 saturated carbocycles. The lowest BCUT2D eigenvalue weighted by Gasteiger charge is -2.35. The maximum atomic E-state index is 14.7. The van der Waals surface area contributed by atoms with E-state index in [9.17, 15) is 14.0 Å². The molecule has 2 aromatic heterocycles. The Morgan fingerprint density at radius 2 is 1.80 bits per heavy atom. The van der Waals surface area contributed by atoms with Crippen LogP contribution in [0.5, 0.6) is 0 Å². The smallest absolute Gasteiger partial charge is 0.410 e. The van der Waals surface area contributed by atoms with Crippen molar-refractivity contribution in [3.63, 3.8) is 0 Å². The molecule has 228 valence electrons. The lowest BCUT2D eigenvalue weighted by molar-refractivity contribution is 0.0139. The molecular weight excluding hydrogens is 559 g/mol. The highest BCUT2D eigenvalue weighted by atomic mass is 19.1. The Bertz CT molecular complexity index is 1750. The van der Waals surface area contributed by atoms with Gasteiger partial charge in [-0.1, -0.05) is 36.3 Å². The molecule has 0 bridgehead atoms. The van der Waals surface area contributed by atoms with Crippen LogP contribution in [-0.4, -0.2) is 62.2 Å². The lowest BCUT2D eigenvalue weighted by Crippen LogP contribution is -2.49. The van der Waals surface area contributed by atoms with Gasteiger partial charge in [0.25, 0.3) is 5.56 Å². The number of terminal acetylenes is 1. The van der Waals surface area contributed by atoms with Crippen molar-refractivity contribution in [3.05, 3.63) is 99.2 Å². The van der Waals surface area contributed by atoms with E-state index >= 15 is 0 Å². The molecule has 0 spiro atoms. The number of rotatable bonds is 7. The minimum Gasteiger partial charge on any atom is -0.444 e. The average molecular weight is 597 g/mol. The third kappa shape index (κ3) is 7.41. The number of hydrogen-bond acceptors (Lipinski definition) is 7. The molecule has 1 aliphatic heterocycles. The summed E-state index contributed by atoms with van der Waals surface area (Å²) in [7, 11) is 0. The number of anilines is 1. The second-order valence-corrected chi connectivity index (χ2v) is 12.0. The van der Waals surface area contributed by atoms with E-state index in [1.807, 2.05) is 27.7 Å². The average Bonchev–Trinajstić information content (AvgIpc) is 2.99. The maximum Gasteiger partial charge on any atom is 0.410 e. The van der Waals surface area contributed by atoms with Crippen molar-refractivity contribution in [2.24, 2.45) is 0 Å². The second kappa shape index (κ2) is 12.9. The number of benzene rings is 2. The number of hydrogen-bond donors (Lipinski definition) is 1. The molecular formula is C34H37FN6O3. The Labute approximate surface area is 256 Å². The van der Waals surface area contributed by atoms with Crippen molar-refractivity contribution in [2.45, 2.75) is 52.4 Å². The zero-order chi connectivity index (χ0) is 31.4. The van der Waals surface area contributed by atoms with E-state index in [2.05, 4.69) is 50.4 Å². The fourth-order valence-corrected chi connectivity index (χ4v) is 5.09. The molecule has 10 heteroatoms. The predicted molar refractivity (Wildman–Crippen MR) is 169 cm³/mol. The molecule has 1 fully saturated rings. The van der Waals surface area contributed by atoms with Crippen LogP contribution in [0.3, 0.4) is 0 Å². The quantitative estimate of drug-likeness (QED) is 0.294. The maximum absolute atomic E-state index is 14.7. The van der Waals surface area contributed by atoms with Crippen LogP contribution in [0, 0.1) is 18.2 Å². The number of carbonyl (C=O) groups excluding carboxylic acids is 1. The highest BCUT2D eigenvalue weighted by molar-refractivity contribution is 5.75. The predicted octanol–water partition coefficient (Wildman–Crippen LogP) is 5.19. The zero-order valence-corrected chi connectivity index (χ0v) is 25.5. The Balaban J connectivity index is 1.23. The number of nitrogens with one attached hydrogen (secondary N) is 1. The van der Waals surface area contributed by atoms with E-state index < -0.39 is 11.4 Å². The van der Waals surface area contributed by atoms with Gasteiger partial charge < -0.3 is 15.0 Å².